The van der Waals surface area contributed by atoms with Crippen LogP contribution in [0.5, 0.6) is 0 Å². The maximum absolute atomic E-state index is 12.0. The highest BCUT2D eigenvalue weighted by atomic mass is 35.5. The molecule has 1 atom stereocenters. The monoisotopic (exact) mass is 275 g/mol. The summed E-state index contributed by atoms with van der Waals surface area (Å²) in [6.07, 6.45) is 0.563. The van der Waals surface area contributed by atoms with Gasteiger partial charge >= 0.3 is 0 Å². The Morgan fingerprint density at radius 3 is 2.65 bits per heavy atom. The second-order valence-electron chi connectivity index (χ2n) is 3.87. The molecule has 1 aromatic carbocycles. The number of benzene rings is 1. The molecule has 0 aromatic heterocycles. The largest absolute Gasteiger partial charge is 0.369 e. The van der Waals surface area contributed by atoms with Crippen molar-refractivity contribution in [1.82, 2.24) is 0 Å². The maximum atomic E-state index is 12.0. The number of ether oxygens (including phenoxy) is 1. The summed E-state index contributed by atoms with van der Waals surface area (Å²) in [6.45, 7) is 3.60. The fourth-order valence-corrected chi connectivity index (χ4v) is 1.58. The van der Waals surface area contributed by atoms with Gasteiger partial charge in [0.25, 0.3) is 5.91 Å². The standard InChI is InChI=1S/C12H15Cl2NO2/c1-4-12(2,17-3)11(16)15-10-7-8(13)5-6-9(10)14/h5-7H,4H2,1-3H3,(H,15,16). The Morgan fingerprint density at radius 2 is 2.12 bits per heavy atom. The van der Waals surface area contributed by atoms with Crippen LogP contribution in [-0.4, -0.2) is 18.6 Å². The lowest BCUT2D eigenvalue weighted by atomic mass is 10.0. The predicted molar refractivity (Wildman–Crippen MR) is 70.8 cm³/mol. The van der Waals surface area contributed by atoms with Crippen molar-refractivity contribution >= 4 is 34.8 Å². The summed E-state index contributed by atoms with van der Waals surface area (Å²) < 4.78 is 5.20. The van der Waals surface area contributed by atoms with E-state index in [0.717, 1.165) is 0 Å². The van der Waals surface area contributed by atoms with E-state index in [2.05, 4.69) is 5.32 Å². The smallest absolute Gasteiger partial charge is 0.256 e. The highest BCUT2D eigenvalue weighted by Crippen LogP contribution is 2.27. The third kappa shape index (κ3) is 3.35. The van der Waals surface area contributed by atoms with E-state index in [0.29, 0.717) is 22.2 Å². The number of carbonyl (C=O) groups is 1. The number of carbonyl (C=O) groups excluding carboxylic acids is 1. The van der Waals surface area contributed by atoms with Gasteiger partial charge in [-0.2, -0.15) is 0 Å². The van der Waals surface area contributed by atoms with E-state index in [1.54, 1.807) is 25.1 Å². The van der Waals surface area contributed by atoms with Gasteiger partial charge in [-0.3, -0.25) is 4.79 Å². The summed E-state index contributed by atoms with van der Waals surface area (Å²) in [5.41, 5.74) is -0.382. The van der Waals surface area contributed by atoms with E-state index >= 15 is 0 Å². The molecule has 0 saturated carbocycles. The molecule has 0 aliphatic heterocycles. The predicted octanol–water partition coefficient (Wildman–Crippen LogP) is 3.75. The van der Waals surface area contributed by atoms with Crippen LogP contribution >= 0.6 is 23.2 Å². The van der Waals surface area contributed by atoms with Crippen LogP contribution in [0.15, 0.2) is 18.2 Å². The van der Waals surface area contributed by atoms with E-state index in [-0.39, 0.29) is 5.91 Å². The van der Waals surface area contributed by atoms with Crippen LogP contribution in [0.3, 0.4) is 0 Å². The lowest BCUT2D eigenvalue weighted by Gasteiger charge is -2.25. The Bertz CT molecular complexity index is 417. The first kappa shape index (κ1) is 14.3. The van der Waals surface area contributed by atoms with Gasteiger partial charge < -0.3 is 10.1 Å². The fourth-order valence-electron chi connectivity index (χ4n) is 1.25. The van der Waals surface area contributed by atoms with Crippen LogP contribution in [0, 0.1) is 0 Å². The summed E-state index contributed by atoms with van der Waals surface area (Å²) in [5, 5.41) is 3.67. The molecule has 1 aromatic rings. The molecule has 94 valence electrons. The van der Waals surface area contributed by atoms with Crippen LogP contribution in [0.2, 0.25) is 10.0 Å². The van der Waals surface area contributed by atoms with E-state index in [1.165, 1.54) is 7.11 Å². The molecular formula is C12H15Cl2NO2. The molecule has 0 spiro atoms. The van der Waals surface area contributed by atoms with Crippen LogP contribution in [0.25, 0.3) is 0 Å². The zero-order chi connectivity index (χ0) is 13.1. The summed E-state index contributed by atoms with van der Waals surface area (Å²) in [5.74, 6) is -0.244. The SMILES string of the molecule is CCC(C)(OC)C(=O)Nc1cc(Cl)ccc1Cl. The Balaban J connectivity index is 2.91. The van der Waals surface area contributed by atoms with Gasteiger partial charge in [0.1, 0.15) is 5.60 Å². The lowest BCUT2D eigenvalue weighted by Crippen LogP contribution is -2.41. The molecule has 1 unspecified atom stereocenters. The zero-order valence-electron chi connectivity index (χ0n) is 10.0. The maximum Gasteiger partial charge on any atom is 0.256 e. The average Bonchev–Trinajstić information content (AvgIpc) is 2.32. The van der Waals surface area contributed by atoms with Crippen LogP contribution in [0.4, 0.5) is 5.69 Å². The minimum Gasteiger partial charge on any atom is -0.369 e. The number of nitrogens with one attached hydrogen (secondary N) is 1. The van der Waals surface area contributed by atoms with Gasteiger partial charge in [-0.1, -0.05) is 30.1 Å². The van der Waals surface area contributed by atoms with Crippen LogP contribution in [0.1, 0.15) is 20.3 Å². The molecule has 0 bridgehead atoms. The van der Waals surface area contributed by atoms with Gasteiger partial charge in [-0.05, 0) is 31.5 Å². The minimum atomic E-state index is -0.869. The van der Waals surface area contributed by atoms with Crippen molar-refractivity contribution in [2.45, 2.75) is 25.9 Å². The summed E-state index contributed by atoms with van der Waals surface area (Å²) in [6, 6.07) is 4.90. The van der Waals surface area contributed by atoms with Gasteiger partial charge in [0.15, 0.2) is 0 Å². The second kappa shape index (κ2) is 5.71. The Kier molecular flexibility index (Phi) is 4.80. The third-order valence-electron chi connectivity index (χ3n) is 2.78. The Hall–Kier alpha value is -0.770. The number of halogens is 2. The molecular weight excluding hydrogens is 261 g/mol. The first-order chi connectivity index (χ1) is 7.92. The minimum absolute atomic E-state index is 0.244. The van der Waals surface area contributed by atoms with Crippen molar-refractivity contribution in [2.75, 3.05) is 12.4 Å². The number of amides is 1. The highest BCUT2D eigenvalue weighted by Gasteiger charge is 2.31. The number of hydrogen-bond acceptors (Lipinski definition) is 2. The number of methoxy groups -OCH3 is 1. The number of hydrogen-bond donors (Lipinski definition) is 1. The Morgan fingerprint density at radius 1 is 1.47 bits per heavy atom. The molecule has 0 aliphatic rings. The van der Waals surface area contributed by atoms with Gasteiger partial charge in [0.2, 0.25) is 0 Å². The molecule has 1 N–H and O–H groups in total. The topological polar surface area (TPSA) is 38.3 Å². The molecule has 0 fully saturated rings. The van der Waals surface area contributed by atoms with Crippen molar-refractivity contribution < 1.29 is 9.53 Å². The van der Waals surface area contributed by atoms with Gasteiger partial charge in [0, 0.05) is 12.1 Å². The van der Waals surface area contributed by atoms with Gasteiger partial charge in [-0.15, -0.1) is 0 Å². The molecule has 1 rings (SSSR count). The van der Waals surface area contributed by atoms with Crippen molar-refractivity contribution in [2.24, 2.45) is 0 Å². The van der Waals surface area contributed by atoms with E-state index in [4.69, 9.17) is 27.9 Å². The molecule has 17 heavy (non-hydrogen) atoms. The van der Waals surface area contributed by atoms with Crippen molar-refractivity contribution in [3.63, 3.8) is 0 Å². The quantitative estimate of drug-likeness (QED) is 0.909. The summed E-state index contributed by atoms with van der Waals surface area (Å²) in [7, 11) is 1.50. The normalized spacial score (nSPS) is 14.2. The van der Waals surface area contributed by atoms with Crippen molar-refractivity contribution in [1.29, 1.82) is 0 Å². The number of anilines is 1. The van der Waals surface area contributed by atoms with Crippen LogP contribution < -0.4 is 5.32 Å². The Labute approximate surface area is 111 Å². The first-order valence-electron chi connectivity index (χ1n) is 5.24. The van der Waals surface area contributed by atoms with Gasteiger partial charge in [-0.25, -0.2) is 0 Å². The number of rotatable bonds is 4. The zero-order valence-corrected chi connectivity index (χ0v) is 11.5. The molecule has 0 heterocycles. The summed E-state index contributed by atoms with van der Waals surface area (Å²) in [4.78, 5) is 12.0. The first-order valence-corrected chi connectivity index (χ1v) is 6.00. The molecule has 3 nitrogen and oxygen atoms in total. The highest BCUT2D eigenvalue weighted by molar-refractivity contribution is 6.35. The second-order valence-corrected chi connectivity index (χ2v) is 4.71. The third-order valence-corrected chi connectivity index (χ3v) is 3.35. The molecule has 0 saturated heterocycles. The van der Waals surface area contributed by atoms with E-state index in [9.17, 15) is 4.79 Å². The molecule has 0 radical (unpaired) electrons. The molecule has 0 aliphatic carbocycles. The van der Waals surface area contributed by atoms with Crippen LogP contribution in [-0.2, 0) is 9.53 Å². The fraction of sp³-hybridized carbons (Fsp3) is 0.417. The van der Waals surface area contributed by atoms with E-state index < -0.39 is 5.60 Å². The lowest BCUT2D eigenvalue weighted by molar-refractivity contribution is -0.136. The molecule has 1 amide bonds. The summed E-state index contributed by atoms with van der Waals surface area (Å²) >= 11 is 11.8. The molecule has 5 heteroatoms. The van der Waals surface area contributed by atoms with Crippen molar-refractivity contribution in [3.05, 3.63) is 28.2 Å². The van der Waals surface area contributed by atoms with Gasteiger partial charge in [0.05, 0.1) is 10.7 Å². The van der Waals surface area contributed by atoms with E-state index in [1.807, 2.05) is 6.92 Å². The average molecular weight is 276 g/mol. The van der Waals surface area contributed by atoms with Crippen molar-refractivity contribution in [3.8, 4) is 0 Å².